The molecule has 0 unspecified atom stereocenters. The molecule has 0 radical (unpaired) electrons. The first kappa shape index (κ1) is 14.3. The molecule has 0 saturated carbocycles. The largest absolute Gasteiger partial charge is 0.310 e. The van der Waals surface area contributed by atoms with Crippen LogP contribution in [0.25, 0.3) is 5.69 Å². The molecule has 2 rings (SSSR count). The Labute approximate surface area is 122 Å². The van der Waals surface area contributed by atoms with Gasteiger partial charge in [-0.3, -0.25) is 0 Å². The second-order valence-electron chi connectivity index (χ2n) is 4.71. The van der Waals surface area contributed by atoms with Crippen molar-refractivity contribution in [1.29, 1.82) is 0 Å². The van der Waals surface area contributed by atoms with Crippen molar-refractivity contribution >= 4 is 23.2 Å². The van der Waals surface area contributed by atoms with Gasteiger partial charge in [-0.25, -0.2) is 9.67 Å². The summed E-state index contributed by atoms with van der Waals surface area (Å²) >= 11 is 12.1. The summed E-state index contributed by atoms with van der Waals surface area (Å²) in [6, 6.07) is 5.33. The highest BCUT2D eigenvalue weighted by Crippen LogP contribution is 2.24. The first-order valence-electron chi connectivity index (χ1n) is 6.13. The summed E-state index contributed by atoms with van der Waals surface area (Å²) in [5.74, 6) is 1.42. The number of hydrogen-bond donors (Lipinski definition) is 1. The molecule has 102 valence electrons. The molecule has 0 amide bonds. The van der Waals surface area contributed by atoms with Gasteiger partial charge < -0.3 is 5.32 Å². The van der Waals surface area contributed by atoms with Crippen LogP contribution >= 0.6 is 23.2 Å². The normalized spacial score (nSPS) is 11.2. The molecule has 0 atom stereocenters. The topological polar surface area (TPSA) is 42.7 Å². The lowest BCUT2D eigenvalue weighted by atomic mass is 10.2. The number of halogens is 2. The van der Waals surface area contributed by atoms with Crippen molar-refractivity contribution in [2.45, 2.75) is 20.4 Å². The van der Waals surface area contributed by atoms with E-state index in [2.05, 4.69) is 29.2 Å². The number of nitrogens with one attached hydrogen (secondary N) is 1. The van der Waals surface area contributed by atoms with Gasteiger partial charge in [-0.2, -0.15) is 5.10 Å². The molecule has 1 aromatic carbocycles. The zero-order valence-electron chi connectivity index (χ0n) is 10.9. The third-order valence-electron chi connectivity index (χ3n) is 2.59. The van der Waals surface area contributed by atoms with E-state index in [0.717, 1.165) is 18.1 Å². The van der Waals surface area contributed by atoms with Crippen molar-refractivity contribution in [3.63, 3.8) is 0 Å². The molecule has 1 aromatic heterocycles. The summed E-state index contributed by atoms with van der Waals surface area (Å²) in [6.07, 6.45) is 1.53. The number of benzene rings is 1. The molecule has 4 nitrogen and oxygen atoms in total. The van der Waals surface area contributed by atoms with E-state index in [-0.39, 0.29) is 0 Å². The van der Waals surface area contributed by atoms with Gasteiger partial charge in [0.15, 0.2) is 0 Å². The van der Waals surface area contributed by atoms with Gasteiger partial charge in [0.05, 0.1) is 17.3 Å². The second kappa shape index (κ2) is 6.37. The predicted molar refractivity (Wildman–Crippen MR) is 77.9 cm³/mol. The zero-order valence-corrected chi connectivity index (χ0v) is 12.4. The quantitative estimate of drug-likeness (QED) is 0.921. The number of rotatable bonds is 5. The maximum absolute atomic E-state index is 6.18. The van der Waals surface area contributed by atoms with Crippen LogP contribution in [0.5, 0.6) is 0 Å². The molecule has 0 saturated heterocycles. The minimum absolute atomic E-state index is 0.558. The molecule has 2 aromatic rings. The van der Waals surface area contributed by atoms with Gasteiger partial charge in [0.1, 0.15) is 12.2 Å². The van der Waals surface area contributed by atoms with Crippen molar-refractivity contribution in [2.24, 2.45) is 5.92 Å². The van der Waals surface area contributed by atoms with Gasteiger partial charge in [0, 0.05) is 5.02 Å². The highest BCUT2D eigenvalue weighted by molar-refractivity contribution is 6.35. The highest BCUT2D eigenvalue weighted by Gasteiger charge is 2.10. The van der Waals surface area contributed by atoms with E-state index in [1.54, 1.807) is 16.8 Å². The van der Waals surface area contributed by atoms with Crippen molar-refractivity contribution in [3.8, 4) is 5.69 Å². The third kappa shape index (κ3) is 3.69. The van der Waals surface area contributed by atoms with Crippen LogP contribution in [0, 0.1) is 5.92 Å². The molecule has 1 heterocycles. The van der Waals surface area contributed by atoms with Crippen LogP contribution in [0.2, 0.25) is 10.0 Å². The van der Waals surface area contributed by atoms with Gasteiger partial charge in [-0.1, -0.05) is 37.0 Å². The molecule has 0 aliphatic carbocycles. The van der Waals surface area contributed by atoms with Crippen molar-refractivity contribution in [2.75, 3.05) is 6.54 Å². The second-order valence-corrected chi connectivity index (χ2v) is 5.55. The van der Waals surface area contributed by atoms with Gasteiger partial charge in [-0.05, 0) is 30.7 Å². The van der Waals surface area contributed by atoms with Crippen LogP contribution < -0.4 is 5.32 Å². The van der Waals surface area contributed by atoms with Crippen LogP contribution in [0.4, 0.5) is 0 Å². The fourth-order valence-electron chi connectivity index (χ4n) is 1.71. The summed E-state index contributed by atoms with van der Waals surface area (Å²) in [4.78, 5) is 4.25. The average Bonchev–Trinajstić information content (AvgIpc) is 2.77. The van der Waals surface area contributed by atoms with Gasteiger partial charge >= 0.3 is 0 Å². The van der Waals surface area contributed by atoms with Crippen LogP contribution in [0.15, 0.2) is 24.5 Å². The van der Waals surface area contributed by atoms with Crippen molar-refractivity contribution in [3.05, 3.63) is 40.4 Å². The fraction of sp³-hybridized carbons (Fsp3) is 0.385. The van der Waals surface area contributed by atoms with E-state index < -0.39 is 0 Å². The minimum Gasteiger partial charge on any atom is -0.310 e. The maximum Gasteiger partial charge on any atom is 0.146 e. The van der Waals surface area contributed by atoms with Gasteiger partial charge in [0.25, 0.3) is 0 Å². The van der Waals surface area contributed by atoms with E-state index >= 15 is 0 Å². The Morgan fingerprint density at radius 3 is 2.79 bits per heavy atom. The van der Waals surface area contributed by atoms with Crippen LogP contribution in [0.3, 0.4) is 0 Å². The van der Waals surface area contributed by atoms with Crippen LogP contribution in [0.1, 0.15) is 19.7 Å². The van der Waals surface area contributed by atoms with E-state index in [1.165, 1.54) is 6.33 Å². The molecular formula is C13H16Cl2N4. The standard InChI is InChI=1S/C13H16Cl2N4/c1-9(2)6-16-7-13-17-8-18-19(13)12-4-3-10(14)5-11(12)15/h3-5,8-9,16H,6-7H2,1-2H3. The molecule has 0 bridgehead atoms. The Balaban J connectivity index is 2.19. The van der Waals surface area contributed by atoms with Crippen LogP contribution in [-0.4, -0.2) is 21.3 Å². The molecule has 0 aliphatic rings. The van der Waals surface area contributed by atoms with E-state index in [4.69, 9.17) is 23.2 Å². The van der Waals surface area contributed by atoms with E-state index in [9.17, 15) is 0 Å². The summed E-state index contributed by atoms with van der Waals surface area (Å²) < 4.78 is 1.73. The van der Waals surface area contributed by atoms with Crippen molar-refractivity contribution < 1.29 is 0 Å². The van der Waals surface area contributed by atoms with E-state index in [0.29, 0.717) is 22.5 Å². The molecule has 19 heavy (non-hydrogen) atoms. The lowest BCUT2D eigenvalue weighted by Crippen LogP contribution is -2.21. The lowest BCUT2D eigenvalue weighted by molar-refractivity contribution is 0.538. The lowest BCUT2D eigenvalue weighted by Gasteiger charge is -2.10. The molecule has 6 heteroatoms. The SMILES string of the molecule is CC(C)CNCc1ncnn1-c1ccc(Cl)cc1Cl. The smallest absolute Gasteiger partial charge is 0.146 e. The predicted octanol–water partition coefficient (Wildman–Crippen LogP) is 3.32. The Morgan fingerprint density at radius 2 is 2.11 bits per heavy atom. The summed E-state index contributed by atoms with van der Waals surface area (Å²) in [6.45, 7) is 5.90. The van der Waals surface area contributed by atoms with Gasteiger partial charge in [-0.15, -0.1) is 0 Å². The summed E-state index contributed by atoms with van der Waals surface area (Å²) in [7, 11) is 0. The number of aromatic nitrogens is 3. The van der Waals surface area contributed by atoms with Crippen molar-refractivity contribution in [1.82, 2.24) is 20.1 Å². The summed E-state index contributed by atoms with van der Waals surface area (Å²) in [5.41, 5.74) is 0.782. The fourth-order valence-corrected chi connectivity index (χ4v) is 2.20. The first-order valence-corrected chi connectivity index (χ1v) is 6.88. The molecule has 0 aliphatic heterocycles. The minimum atomic E-state index is 0.558. The molecule has 1 N–H and O–H groups in total. The number of hydrogen-bond acceptors (Lipinski definition) is 3. The average molecular weight is 299 g/mol. The molecule has 0 spiro atoms. The third-order valence-corrected chi connectivity index (χ3v) is 3.13. The molecular weight excluding hydrogens is 283 g/mol. The highest BCUT2D eigenvalue weighted by atomic mass is 35.5. The monoisotopic (exact) mass is 298 g/mol. The Kier molecular flexibility index (Phi) is 4.80. The molecule has 0 fully saturated rings. The number of nitrogens with zero attached hydrogens (tertiary/aromatic N) is 3. The van der Waals surface area contributed by atoms with E-state index in [1.807, 2.05) is 6.07 Å². The first-order chi connectivity index (χ1) is 9.08. The summed E-state index contributed by atoms with van der Waals surface area (Å²) in [5, 5.41) is 8.71. The Morgan fingerprint density at radius 1 is 1.32 bits per heavy atom. The zero-order chi connectivity index (χ0) is 13.8. The maximum atomic E-state index is 6.18. The van der Waals surface area contributed by atoms with Gasteiger partial charge in [0.2, 0.25) is 0 Å². The van der Waals surface area contributed by atoms with Crippen LogP contribution in [-0.2, 0) is 6.54 Å². The Hall–Kier alpha value is -1.10. The Bertz CT molecular complexity index is 551.